The average Bonchev–Trinajstić information content (AvgIpc) is 3.77. The predicted molar refractivity (Wildman–Crippen MR) is 246 cm³/mol. The van der Waals surface area contributed by atoms with E-state index in [1.165, 1.54) is 73.7 Å². The Morgan fingerprint density at radius 3 is 1.96 bits per heavy atom. The number of hydrogen-bond donors (Lipinski definition) is 0. The van der Waals surface area contributed by atoms with Crippen LogP contribution in [0.15, 0.2) is 199 Å². The monoisotopic (exact) mass is 762 g/mol. The molecule has 4 heterocycles. The molecule has 57 heavy (non-hydrogen) atoms. The molecule has 0 bridgehead atoms. The van der Waals surface area contributed by atoms with Crippen LogP contribution in [0.5, 0.6) is 0 Å². The first kappa shape index (κ1) is 33.6. The van der Waals surface area contributed by atoms with Gasteiger partial charge in [0.2, 0.25) is 0 Å². The van der Waals surface area contributed by atoms with Gasteiger partial charge in [-0.1, -0.05) is 152 Å². The Balaban J connectivity index is 0.975. The largest absolute Gasteiger partial charge is 0.256 e. The third-order valence-electron chi connectivity index (χ3n) is 11.0. The summed E-state index contributed by atoms with van der Waals surface area (Å²) in [5, 5.41) is 5.08. The number of aliphatic imine (C=N–C) groups is 1. The lowest BCUT2D eigenvalue weighted by molar-refractivity contribution is 1.36. The third kappa shape index (κ3) is 6.11. The van der Waals surface area contributed by atoms with Crippen LogP contribution in [0.3, 0.4) is 0 Å². The van der Waals surface area contributed by atoms with E-state index >= 15 is 0 Å². The molecule has 0 saturated carbocycles. The number of nitrogens with zero attached hydrogens (tertiary/aromatic N) is 2. The van der Waals surface area contributed by atoms with E-state index in [1.807, 2.05) is 28.9 Å². The minimum absolute atomic E-state index is 0.762. The normalized spacial score (nSPS) is 13.2. The summed E-state index contributed by atoms with van der Waals surface area (Å²) in [4.78, 5) is 10.3. The highest BCUT2D eigenvalue weighted by molar-refractivity contribution is 7.26. The summed E-state index contributed by atoms with van der Waals surface area (Å²) >= 11 is 3.71. The number of allylic oxidation sites excluding steroid dienone is 3. The summed E-state index contributed by atoms with van der Waals surface area (Å²) in [6.07, 6.45) is 7.23. The van der Waals surface area contributed by atoms with Crippen molar-refractivity contribution in [2.45, 2.75) is 6.42 Å². The van der Waals surface area contributed by atoms with Gasteiger partial charge in [0.05, 0.1) is 17.1 Å². The van der Waals surface area contributed by atoms with Crippen molar-refractivity contribution in [1.29, 1.82) is 0 Å². The summed E-state index contributed by atoms with van der Waals surface area (Å²) in [6, 6.07) is 63.4. The van der Waals surface area contributed by atoms with Crippen molar-refractivity contribution < 1.29 is 0 Å². The van der Waals surface area contributed by atoms with Gasteiger partial charge in [0.15, 0.2) is 0 Å². The van der Waals surface area contributed by atoms with Crippen LogP contribution in [-0.2, 0) is 0 Å². The van der Waals surface area contributed by atoms with Crippen LogP contribution < -0.4 is 0 Å². The molecule has 7 aromatic carbocycles. The highest BCUT2D eigenvalue weighted by Gasteiger charge is 2.17. The maximum absolute atomic E-state index is 5.28. The first-order valence-electron chi connectivity index (χ1n) is 19.3. The molecule has 0 unspecified atom stereocenters. The minimum Gasteiger partial charge on any atom is -0.256 e. The van der Waals surface area contributed by atoms with Crippen molar-refractivity contribution in [1.82, 2.24) is 4.98 Å². The fourth-order valence-electron chi connectivity index (χ4n) is 8.19. The lowest BCUT2D eigenvalue weighted by Gasteiger charge is -2.09. The molecule has 0 spiro atoms. The van der Waals surface area contributed by atoms with E-state index in [0.29, 0.717) is 0 Å². The van der Waals surface area contributed by atoms with Gasteiger partial charge in [-0.05, 0) is 75.4 Å². The summed E-state index contributed by atoms with van der Waals surface area (Å²) < 4.78 is 5.16. The molecule has 3 aromatic heterocycles. The van der Waals surface area contributed by atoms with Gasteiger partial charge in [0.25, 0.3) is 0 Å². The van der Waals surface area contributed by atoms with Gasteiger partial charge in [-0.3, -0.25) is 9.98 Å². The van der Waals surface area contributed by atoms with Gasteiger partial charge in [-0.2, -0.15) is 0 Å². The molecule has 4 heteroatoms. The van der Waals surface area contributed by atoms with E-state index in [4.69, 9.17) is 9.98 Å². The Morgan fingerprint density at radius 2 is 1.11 bits per heavy atom. The molecule has 0 amide bonds. The van der Waals surface area contributed by atoms with Crippen LogP contribution in [0, 0.1) is 0 Å². The second-order valence-electron chi connectivity index (χ2n) is 14.5. The van der Waals surface area contributed by atoms with Crippen LogP contribution in [0.1, 0.15) is 23.1 Å². The lowest BCUT2D eigenvalue weighted by atomic mass is 9.96. The number of benzene rings is 7. The van der Waals surface area contributed by atoms with Gasteiger partial charge in [0, 0.05) is 64.1 Å². The number of thiophene rings is 2. The second kappa shape index (κ2) is 14.1. The molecule has 0 radical (unpaired) electrons. The summed E-state index contributed by atoms with van der Waals surface area (Å²) in [7, 11) is 0. The van der Waals surface area contributed by atoms with Gasteiger partial charge in [-0.25, -0.2) is 0 Å². The first-order chi connectivity index (χ1) is 28.2. The van der Waals surface area contributed by atoms with Gasteiger partial charge in [-0.15, -0.1) is 22.7 Å². The minimum atomic E-state index is 0.762. The Bertz CT molecular complexity index is 3240. The SMILES string of the molecule is C1=C(c2ccccc2)C=C(c2ccc(-c3nccc4sc5ccc(-c6cccc(-c7cccc8c7sc7ccccc78)c6)cc5c34)cc2)N=C(c2ccccc2)C1. The smallest absolute Gasteiger partial charge is 0.0795 e. The molecule has 268 valence electrons. The number of fused-ring (bicyclic) bond motifs is 6. The van der Waals surface area contributed by atoms with Gasteiger partial charge >= 0.3 is 0 Å². The molecule has 0 saturated heterocycles. The predicted octanol–water partition coefficient (Wildman–Crippen LogP) is 15.1. The Morgan fingerprint density at radius 1 is 0.439 bits per heavy atom. The number of pyridine rings is 1. The van der Waals surface area contributed by atoms with Gasteiger partial charge < -0.3 is 0 Å². The molecule has 1 aliphatic rings. The van der Waals surface area contributed by atoms with E-state index < -0.39 is 0 Å². The van der Waals surface area contributed by atoms with Crippen molar-refractivity contribution in [3.8, 4) is 33.5 Å². The van der Waals surface area contributed by atoms with Crippen molar-refractivity contribution in [3.05, 3.63) is 211 Å². The highest BCUT2D eigenvalue weighted by atomic mass is 32.1. The quantitative estimate of drug-likeness (QED) is 0.166. The number of hydrogen-bond acceptors (Lipinski definition) is 4. The van der Waals surface area contributed by atoms with Crippen LogP contribution in [-0.4, -0.2) is 10.7 Å². The lowest BCUT2D eigenvalue weighted by Crippen LogP contribution is -1.99. The summed E-state index contributed by atoms with van der Waals surface area (Å²) in [6.45, 7) is 0. The molecule has 0 fully saturated rings. The molecule has 2 nitrogen and oxygen atoms in total. The Labute approximate surface area is 339 Å². The van der Waals surface area contributed by atoms with Gasteiger partial charge in [0.1, 0.15) is 0 Å². The van der Waals surface area contributed by atoms with Crippen LogP contribution in [0.25, 0.3) is 85.1 Å². The molecule has 1 aliphatic heterocycles. The average molecular weight is 763 g/mol. The summed E-state index contributed by atoms with van der Waals surface area (Å²) in [5.74, 6) is 0. The molecule has 0 atom stereocenters. The molecule has 11 rings (SSSR count). The zero-order chi connectivity index (χ0) is 37.7. The second-order valence-corrected chi connectivity index (χ2v) is 16.6. The Kier molecular flexibility index (Phi) is 8.31. The molecular weight excluding hydrogens is 729 g/mol. The van der Waals surface area contributed by atoms with E-state index in [2.05, 4.69) is 188 Å². The molecule has 0 N–H and O–H groups in total. The fourth-order valence-corrected chi connectivity index (χ4v) is 10.5. The summed E-state index contributed by atoms with van der Waals surface area (Å²) in [5.41, 5.74) is 13.6. The van der Waals surface area contributed by atoms with Crippen LogP contribution >= 0.6 is 22.7 Å². The zero-order valence-corrected chi connectivity index (χ0v) is 32.5. The molecular formula is C53H34N2S2. The van der Waals surface area contributed by atoms with Crippen molar-refractivity contribution in [3.63, 3.8) is 0 Å². The van der Waals surface area contributed by atoms with E-state index in [-0.39, 0.29) is 0 Å². The van der Waals surface area contributed by atoms with Crippen molar-refractivity contribution >= 4 is 80.0 Å². The van der Waals surface area contributed by atoms with E-state index in [0.717, 1.165) is 40.2 Å². The van der Waals surface area contributed by atoms with Crippen molar-refractivity contribution in [2.24, 2.45) is 4.99 Å². The maximum atomic E-state index is 5.28. The van der Waals surface area contributed by atoms with E-state index in [9.17, 15) is 0 Å². The van der Waals surface area contributed by atoms with Crippen LogP contribution in [0.2, 0.25) is 0 Å². The highest BCUT2D eigenvalue weighted by Crippen LogP contribution is 2.43. The van der Waals surface area contributed by atoms with Crippen molar-refractivity contribution in [2.75, 3.05) is 0 Å². The maximum Gasteiger partial charge on any atom is 0.0795 e. The fraction of sp³-hybridized carbons (Fsp3) is 0.0189. The molecule has 0 aliphatic carbocycles. The Hall–Kier alpha value is -6.72. The number of aromatic nitrogens is 1. The standard InChI is InChI=1S/C53H34N2S2/c1-3-11-34(12-4-1)40-25-27-46(35-13-5-2-6-14-35)55-47(33-40)36-21-23-37(24-22-36)52-51-45-32-39(26-28-49(45)56-50(51)29-30-54-52)38-15-9-16-41(31-38)42-18-10-19-44-43-17-7-8-20-48(43)57-53(42)44/h1-26,28-33H,27H2. The van der Waals surface area contributed by atoms with Crippen LogP contribution in [0.4, 0.5) is 0 Å². The first-order valence-corrected chi connectivity index (χ1v) is 20.9. The third-order valence-corrected chi connectivity index (χ3v) is 13.4. The zero-order valence-electron chi connectivity index (χ0n) is 30.9. The topological polar surface area (TPSA) is 25.2 Å². The van der Waals surface area contributed by atoms with E-state index in [1.54, 1.807) is 0 Å². The molecule has 10 aromatic rings. The number of rotatable bonds is 6.